The molecule has 0 radical (unpaired) electrons. The Morgan fingerprint density at radius 1 is 1.05 bits per heavy atom. The molecular weight excluding hydrogens is 299 g/mol. The summed E-state index contributed by atoms with van der Waals surface area (Å²) in [6, 6.07) is 14.7. The van der Waals surface area contributed by atoms with Crippen LogP contribution in [0.15, 0.2) is 48.5 Å². The molecule has 0 amide bonds. The van der Waals surface area contributed by atoms with E-state index in [1.54, 1.807) is 18.2 Å². The van der Waals surface area contributed by atoms with Crippen molar-refractivity contribution in [2.24, 2.45) is 0 Å². The van der Waals surface area contributed by atoms with Crippen LogP contribution >= 0.6 is 0 Å². The van der Waals surface area contributed by atoms with Gasteiger partial charge in [-0.2, -0.15) is 0 Å². The van der Waals surface area contributed by atoms with Crippen LogP contribution in [0.25, 0.3) is 16.1 Å². The minimum Gasteiger partial charge on any atom is -0.418 e. The SMILES string of the molecule is CC(=O)c1ccc(-c2ccccc2)c([N+]#N)c1.F[B-](F)(F)F. The van der Waals surface area contributed by atoms with Gasteiger partial charge in [0.1, 0.15) is 0 Å². The first-order chi connectivity index (χ1) is 10.2. The van der Waals surface area contributed by atoms with Gasteiger partial charge in [-0.15, -0.1) is 0 Å². The van der Waals surface area contributed by atoms with Crippen LogP contribution in [-0.2, 0) is 0 Å². The van der Waals surface area contributed by atoms with Crippen LogP contribution in [0.5, 0.6) is 0 Å². The molecule has 0 fully saturated rings. The normalized spacial score (nSPS) is 10.2. The van der Waals surface area contributed by atoms with E-state index < -0.39 is 7.25 Å². The third-order valence-electron chi connectivity index (χ3n) is 2.60. The molecule has 0 atom stereocenters. The number of hydrogen-bond donors (Lipinski definition) is 0. The predicted octanol–water partition coefficient (Wildman–Crippen LogP) is 5.34. The number of hydrogen-bond acceptors (Lipinski definition) is 2. The van der Waals surface area contributed by atoms with Gasteiger partial charge >= 0.3 is 12.9 Å². The van der Waals surface area contributed by atoms with Gasteiger partial charge in [-0.25, -0.2) is 0 Å². The van der Waals surface area contributed by atoms with Crippen LogP contribution in [0.3, 0.4) is 0 Å². The largest absolute Gasteiger partial charge is 0.673 e. The van der Waals surface area contributed by atoms with Crippen molar-refractivity contribution >= 4 is 18.7 Å². The van der Waals surface area contributed by atoms with E-state index in [0.717, 1.165) is 11.1 Å². The molecular formula is C14H11BF4N2O. The first kappa shape index (κ1) is 17.4. The Balaban J connectivity index is 0.000000422. The molecule has 0 unspecified atom stereocenters. The molecule has 0 aliphatic heterocycles. The Bertz CT molecular complexity index is 690. The average Bonchev–Trinajstić information content (AvgIpc) is 2.45. The molecule has 114 valence electrons. The molecule has 0 spiro atoms. The van der Waals surface area contributed by atoms with E-state index in [1.165, 1.54) is 6.92 Å². The molecule has 0 bridgehead atoms. The summed E-state index contributed by atoms with van der Waals surface area (Å²) in [5.41, 5.74) is 2.70. The van der Waals surface area contributed by atoms with E-state index in [1.807, 2.05) is 30.3 Å². The van der Waals surface area contributed by atoms with E-state index in [0.29, 0.717) is 11.3 Å². The van der Waals surface area contributed by atoms with Crippen LogP contribution in [-0.4, -0.2) is 13.0 Å². The second kappa shape index (κ2) is 7.36. The zero-order chi connectivity index (χ0) is 16.8. The average molecular weight is 310 g/mol. The minimum absolute atomic E-state index is 0.0467. The number of carbonyl (C=O) groups is 1. The zero-order valence-electron chi connectivity index (χ0n) is 11.5. The predicted molar refractivity (Wildman–Crippen MR) is 76.8 cm³/mol. The Kier molecular flexibility index (Phi) is 5.81. The van der Waals surface area contributed by atoms with E-state index in [4.69, 9.17) is 5.39 Å². The highest BCUT2D eigenvalue weighted by molar-refractivity contribution is 6.50. The summed E-state index contributed by atoms with van der Waals surface area (Å²) in [6.07, 6.45) is 0. The van der Waals surface area contributed by atoms with E-state index >= 15 is 0 Å². The smallest absolute Gasteiger partial charge is 0.418 e. The standard InChI is InChI=1S/C14H11N2O.BF4/c1-10(17)12-7-8-13(14(9-12)16-15)11-5-3-2-4-6-11;2-1(3,4)5/h2-9H,1H3;/q+1;-1. The van der Waals surface area contributed by atoms with E-state index in [-0.39, 0.29) is 5.78 Å². The molecule has 0 saturated heterocycles. The maximum absolute atomic E-state index is 11.2. The van der Waals surface area contributed by atoms with Crippen LogP contribution in [0, 0.1) is 5.39 Å². The third-order valence-corrected chi connectivity index (χ3v) is 2.60. The summed E-state index contributed by atoms with van der Waals surface area (Å²) in [6.45, 7) is 1.48. The highest BCUT2D eigenvalue weighted by atomic mass is 19.5. The van der Waals surface area contributed by atoms with Crippen molar-refractivity contribution in [1.29, 1.82) is 5.39 Å². The van der Waals surface area contributed by atoms with Crippen molar-refractivity contribution < 1.29 is 22.1 Å². The van der Waals surface area contributed by atoms with Gasteiger partial charge in [0, 0.05) is 11.6 Å². The molecule has 0 N–H and O–H groups in total. The van der Waals surface area contributed by atoms with Gasteiger partial charge in [-0.05, 0) is 18.6 Å². The number of Topliss-reactive ketones (excluding diaryl/α,β-unsaturated/α-hetero) is 1. The molecule has 0 aliphatic carbocycles. The number of ketones is 1. The summed E-state index contributed by atoms with van der Waals surface area (Å²) in [4.78, 5) is 14.5. The Morgan fingerprint density at radius 2 is 1.59 bits per heavy atom. The first-order valence-corrected chi connectivity index (χ1v) is 6.15. The van der Waals surface area contributed by atoms with Gasteiger partial charge in [0.2, 0.25) is 5.39 Å². The van der Waals surface area contributed by atoms with Crippen LogP contribution < -0.4 is 0 Å². The Hall–Kier alpha value is -2.69. The highest BCUT2D eigenvalue weighted by Gasteiger charge is 2.20. The van der Waals surface area contributed by atoms with Gasteiger partial charge in [-0.1, -0.05) is 36.4 Å². The summed E-state index contributed by atoms with van der Waals surface area (Å²) in [5.74, 6) is -0.0467. The number of rotatable bonds is 2. The Morgan fingerprint density at radius 3 is 2.05 bits per heavy atom. The lowest BCUT2D eigenvalue weighted by Gasteiger charge is -1.99. The fraction of sp³-hybridized carbons (Fsp3) is 0.0714. The molecule has 3 nitrogen and oxygen atoms in total. The summed E-state index contributed by atoms with van der Waals surface area (Å²) in [5, 5.41) is 9.00. The number of diazo groups is 1. The van der Waals surface area contributed by atoms with Crippen molar-refractivity contribution in [3.63, 3.8) is 0 Å². The maximum atomic E-state index is 11.2. The van der Waals surface area contributed by atoms with Gasteiger partial charge in [0.15, 0.2) is 10.8 Å². The minimum atomic E-state index is -6.00. The molecule has 0 heterocycles. The van der Waals surface area contributed by atoms with Gasteiger partial charge in [0.25, 0.3) is 0 Å². The number of benzene rings is 2. The topological polar surface area (TPSA) is 45.2 Å². The van der Waals surface area contributed by atoms with E-state index in [9.17, 15) is 22.1 Å². The van der Waals surface area contributed by atoms with Gasteiger partial charge in [0.05, 0.1) is 5.56 Å². The molecule has 22 heavy (non-hydrogen) atoms. The van der Waals surface area contributed by atoms with Crippen LogP contribution in [0.1, 0.15) is 17.3 Å². The zero-order valence-corrected chi connectivity index (χ0v) is 11.5. The van der Waals surface area contributed by atoms with Crippen molar-refractivity contribution in [2.75, 3.05) is 0 Å². The van der Waals surface area contributed by atoms with E-state index in [2.05, 4.69) is 4.98 Å². The van der Waals surface area contributed by atoms with Crippen LogP contribution in [0.4, 0.5) is 23.0 Å². The lowest BCUT2D eigenvalue weighted by molar-refractivity contribution is 0.101. The van der Waals surface area contributed by atoms with Crippen molar-refractivity contribution in [2.45, 2.75) is 6.92 Å². The summed E-state index contributed by atoms with van der Waals surface area (Å²) < 4.78 is 39.0. The van der Waals surface area contributed by atoms with Crippen molar-refractivity contribution in [3.05, 3.63) is 59.1 Å². The molecule has 0 aromatic heterocycles. The number of nitrogens with zero attached hydrogens (tertiary/aromatic N) is 2. The monoisotopic (exact) mass is 310 g/mol. The number of carbonyl (C=O) groups excluding carboxylic acids is 1. The van der Waals surface area contributed by atoms with Crippen molar-refractivity contribution in [1.82, 2.24) is 0 Å². The second-order valence-corrected chi connectivity index (χ2v) is 4.25. The number of halogens is 4. The van der Waals surface area contributed by atoms with Crippen molar-refractivity contribution in [3.8, 4) is 11.1 Å². The maximum Gasteiger partial charge on any atom is 0.673 e. The summed E-state index contributed by atoms with van der Waals surface area (Å²) >= 11 is 0. The molecule has 8 heteroatoms. The lowest BCUT2D eigenvalue weighted by Crippen LogP contribution is -2.02. The van der Waals surface area contributed by atoms with Crippen LogP contribution in [0.2, 0.25) is 0 Å². The summed E-state index contributed by atoms with van der Waals surface area (Å²) in [7, 11) is -6.00. The molecule has 2 aromatic carbocycles. The third kappa shape index (κ3) is 5.75. The molecule has 2 aromatic rings. The fourth-order valence-electron chi connectivity index (χ4n) is 1.70. The lowest BCUT2D eigenvalue weighted by atomic mass is 10.0. The highest BCUT2D eigenvalue weighted by Crippen LogP contribution is 2.31. The molecule has 0 aliphatic rings. The fourth-order valence-corrected chi connectivity index (χ4v) is 1.70. The molecule has 0 saturated carbocycles. The quantitative estimate of drug-likeness (QED) is 0.325. The van der Waals surface area contributed by atoms with Gasteiger partial charge in [-0.3, -0.25) is 4.79 Å². The van der Waals surface area contributed by atoms with Gasteiger partial charge < -0.3 is 17.3 Å². The molecule has 2 rings (SSSR count). The Labute approximate surface area is 124 Å². The second-order valence-electron chi connectivity index (χ2n) is 4.25. The first-order valence-electron chi connectivity index (χ1n) is 6.15.